The molecule has 0 saturated carbocycles. The van der Waals surface area contributed by atoms with Crippen LogP contribution in [0.3, 0.4) is 0 Å². The number of nitrogens with zero attached hydrogens (tertiary/aromatic N) is 1. The van der Waals surface area contributed by atoms with Gasteiger partial charge in [0.15, 0.2) is 0 Å². The van der Waals surface area contributed by atoms with Crippen LogP contribution in [-0.2, 0) is 22.5 Å². The third kappa shape index (κ3) is 6.11. The predicted molar refractivity (Wildman–Crippen MR) is 109 cm³/mol. The van der Waals surface area contributed by atoms with Crippen LogP contribution in [0.4, 0.5) is 10.5 Å². The molecule has 0 aliphatic carbocycles. The van der Waals surface area contributed by atoms with Crippen molar-refractivity contribution < 1.29 is 14.3 Å². The van der Waals surface area contributed by atoms with Crippen LogP contribution in [0, 0.1) is 0 Å². The van der Waals surface area contributed by atoms with Crippen molar-refractivity contribution in [3.05, 3.63) is 27.7 Å². The van der Waals surface area contributed by atoms with Crippen LogP contribution in [0.25, 0.3) is 0 Å². The summed E-state index contributed by atoms with van der Waals surface area (Å²) >= 11 is 3.64. The van der Waals surface area contributed by atoms with Gasteiger partial charge < -0.3 is 9.47 Å². The Morgan fingerprint density at radius 2 is 1.96 bits per heavy atom. The molecule has 1 aliphatic heterocycles. The second kappa shape index (κ2) is 7.80. The van der Waals surface area contributed by atoms with Gasteiger partial charge in [0.1, 0.15) is 5.60 Å². The number of rotatable bonds is 5. The molecule has 1 aromatic carbocycles. The molecule has 1 amide bonds. The number of hydrogen-bond donors (Lipinski definition) is 0. The molecule has 25 heavy (non-hydrogen) atoms. The number of hydrogen-bond acceptors (Lipinski definition) is 3. The molecule has 0 radical (unpaired) electrons. The molecule has 0 spiro atoms. The number of carbonyl (C=O) groups is 1. The summed E-state index contributed by atoms with van der Waals surface area (Å²) in [6.07, 6.45) is 0.573. The molecule has 0 aromatic heterocycles. The molecule has 0 N–H and O–H groups in total. The van der Waals surface area contributed by atoms with E-state index in [1.807, 2.05) is 20.8 Å². The lowest BCUT2D eigenvalue weighted by atomic mass is 10.1. The van der Waals surface area contributed by atoms with Crippen molar-refractivity contribution in [3.8, 4) is 0 Å². The van der Waals surface area contributed by atoms with Gasteiger partial charge in [-0.15, -0.1) is 0 Å². The summed E-state index contributed by atoms with van der Waals surface area (Å²) in [4.78, 5) is 14.2. The predicted octanol–water partition coefficient (Wildman–Crippen LogP) is 5.60. The van der Waals surface area contributed by atoms with E-state index in [9.17, 15) is 4.79 Å². The van der Waals surface area contributed by atoms with Gasteiger partial charge in [0, 0.05) is 25.7 Å². The molecule has 0 atom stereocenters. The molecule has 1 heterocycles. The van der Waals surface area contributed by atoms with Crippen molar-refractivity contribution in [1.29, 1.82) is 0 Å². The van der Waals surface area contributed by atoms with Crippen molar-refractivity contribution in [2.75, 3.05) is 18.1 Å². The van der Waals surface area contributed by atoms with Gasteiger partial charge in [-0.3, -0.25) is 4.90 Å². The van der Waals surface area contributed by atoms with E-state index in [1.54, 1.807) is 4.90 Å². The fraction of sp³-hybridized carbons (Fsp3) is 0.632. The molecule has 2 rings (SSSR count). The summed E-state index contributed by atoms with van der Waals surface area (Å²) in [6.45, 7) is 14.7. The number of fused-ring (bicyclic) bond motifs is 1. The van der Waals surface area contributed by atoms with E-state index in [4.69, 9.17) is 9.47 Å². The fourth-order valence-corrected chi connectivity index (χ4v) is 3.89. The Bertz CT molecular complexity index is 635. The Morgan fingerprint density at radius 1 is 1.28 bits per heavy atom. The average Bonchev–Trinajstić information content (AvgIpc) is 2.83. The second-order valence-corrected chi connectivity index (χ2v) is 15.3. The molecular weight excluding hydrogens is 398 g/mol. The summed E-state index contributed by atoms with van der Waals surface area (Å²) in [7, 11) is -1.08. The third-order valence-corrected chi connectivity index (χ3v) is 6.45. The zero-order chi connectivity index (χ0) is 18.8. The molecule has 0 fully saturated rings. The Hall–Kier alpha value is -0.853. The van der Waals surface area contributed by atoms with Crippen LogP contribution in [0.2, 0.25) is 25.7 Å². The van der Waals surface area contributed by atoms with Crippen molar-refractivity contribution in [2.45, 2.75) is 65.1 Å². The third-order valence-electron chi connectivity index (χ3n) is 4.01. The van der Waals surface area contributed by atoms with Crippen LogP contribution in [0.5, 0.6) is 0 Å². The van der Waals surface area contributed by atoms with Crippen LogP contribution < -0.4 is 4.90 Å². The molecule has 0 saturated heterocycles. The number of benzene rings is 1. The summed E-state index contributed by atoms with van der Waals surface area (Å²) in [5.74, 6) is 0. The van der Waals surface area contributed by atoms with Gasteiger partial charge in [-0.1, -0.05) is 35.6 Å². The molecule has 6 heteroatoms. The van der Waals surface area contributed by atoms with E-state index < -0.39 is 13.7 Å². The first-order chi connectivity index (χ1) is 11.5. The minimum absolute atomic E-state index is 0.279. The topological polar surface area (TPSA) is 38.8 Å². The normalized spacial score (nSPS) is 14.6. The van der Waals surface area contributed by atoms with Gasteiger partial charge in [-0.2, -0.15) is 0 Å². The summed E-state index contributed by atoms with van der Waals surface area (Å²) in [6, 6.07) is 5.32. The molecule has 0 bridgehead atoms. The van der Waals surface area contributed by atoms with Crippen LogP contribution in [0.15, 0.2) is 16.6 Å². The van der Waals surface area contributed by atoms with Crippen LogP contribution >= 0.6 is 15.9 Å². The average molecular weight is 428 g/mol. The maximum absolute atomic E-state index is 12.5. The Labute approximate surface area is 161 Å². The maximum Gasteiger partial charge on any atom is 0.414 e. The molecule has 0 unspecified atom stereocenters. The standard InChI is InChI=1S/C19H30BrNO3Si/c1-19(2,3)24-18(22)21-8-7-14-11-16(20)15(12-17(14)21)13-23-9-10-25(4,5)6/h11-12H,7-10,13H2,1-6H3. The van der Waals surface area contributed by atoms with Crippen LogP contribution in [0.1, 0.15) is 31.9 Å². The van der Waals surface area contributed by atoms with E-state index in [-0.39, 0.29) is 6.09 Å². The Balaban J connectivity index is 2.07. The van der Waals surface area contributed by atoms with Gasteiger partial charge >= 0.3 is 6.09 Å². The zero-order valence-electron chi connectivity index (χ0n) is 16.2. The quantitative estimate of drug-likeness (QED) is 0.453. The first kappa shape index (κ1) is 20.5. The maximum atomic E-state index is 12.5. The lowest BCUT2D eigenvalue weighted by Gasteiger charge is -2.25. The molecule has 1 aliphatic rings. The molecular formula is C19H30BrNO3Si. The van der Waals surface area contributed by atoms with Gasteiger partial charge in [0.25, 0.3) is 0 Å². The van der Waals surface area contributed by atoms with Crippen LogP contribution in [-0.4, -0.2) is 32.9 Å². The Morgan fingerprint density at radius 3 is 2.56 bits per heavy atom. The number of anilines is 1. The first-order valence-electron chi connectivity index (χ1n) is 8.86. The highest BCUT2D eigenvalue weighted by molar-refractivity contribution is 9.10. The summed E-state index contributed by atoms with van der Waals surface area (Å²) in [5, 5.41) is 0. The van der Waals surface area contributed by atoms with Gasteiger partial charge in [-0.05, 0) is 56.5 Å². The highest BCUT2D eigenvalue weighted by atomic mass is 79.9. The van der Waals surface area contributed by atoms with E-state index in [0.717, 1.165) is 34.8 Å². The number of amides is 1. The van der Waals surface area contributed by atoms with Crippen molar-refractivity contribution in [2.24, 2.45) is 0 Å². The molecule has 4 nitrogen and oxygen atoms in total. The first-order valence-corrected chi connectivity index (χ1v) is 13.4. The summed E-state index contributed by atoms with van der Waals surface area (Å²) in [5.41, 5.74) is 2.70. The minimum Gasteiger partial charge on any atom is -0.443 e. The van der Waals surface area contributed by atoms with E-state index >= 15 is 0 Å². The SMILES string of the molecule is CC(C)(C)OC(=O)N1CCc2cc(Br)c(COCC[Si](C)(C)C)cc21. The lowest BCUT2D eigenvalue weighted by molar-refractivity contribution is 0.0584. The largest absolute Gasteiger partial charge is 0.443 e. The fourth-order valence-electron chi connectivity index (χ4n) is 2.63. The van der Waals surface area contributed by atoms with Gasteiger partial charge in [-0.25, -0.2) is 4.79 Å². The monoisotopic (exact) mass is 427 g/mol. The number of carbonyl (C=O) groups excluding carboxylic acids is 1. The molecule has 1 aromatic rings. The lowest BCUT2D eigenvalue weighted by Crippen LogP contribution is -2.35. The van der Waals surface area contributed by atoms with Crippen molar-refractivity contribution >= 4 is 35.8 Å². The zero-order valence-corrected chi connectivity index (χ0v) is 18.8. The number of ether oxygens (including phenoxy) is 2. The van der Waals surface area contributed by atoms with E-state index in [1.165, 1.54) is 5.56 Å². The van der Waals surface area contributed by atoms with Gasteiger partial charge in [0.05, 0.1) is 12.3 Å². The highest BCUT2D eigenvalue weighted by Gasteiger charge is 2.29. The number of halogens is 1. The van der Waals surface area contributed by atoms with E-state index in [2.05, 4.69) is 47.7 Å². The van der Waals surface area contributed by atoms with E-state index in [0.29, 0.717) is 13.2 Å². The summed E-state index contributed by atoms with van der Waals surface area (Å²) < 4.78 is 12.5. The highest BCUT2D eigenvalue weighted by Crippen LogP contribution is 2.34. The second-order valence-electron chi connectivity index (χ2n) is 8.82. The minimum atomic E-state index is -1.08. The Kier molecular flexibility index (Phi) is 6.38. The molecule has 140 valence electrons. The van der Waals surface area contributed by atoms with Crippen molar-refractivity contribution in [1.82, 2.24) is 0 Å². The smallest absolute Gasteiger partial charge is 0.414 e. The van der Waals surface area contributed by atoms with Gasteiger partial charge in [0.2, 0.25) is 0 Å². The van der Waals surface area contributed by atoms with Crippen molar-refractivity contribution in [3.63, 3.8) is 0 Å².